The van der Waals surface area contributed by atoms with E-state index in [1.165, 1.54) is 23.1 Å². The number of amides is 1. The van der Waals surface area contributed by atoms with Crippen LogP contribution in [0.25, 0.3) is 5.65 Å². The van der Waals surface area contributed by atoms with E-state index in [0.717, 1.165) is 4.68 Å². The quantitative estimate of drug-likeness (QED) is 0.502. The minimum absolute atomic E-state index is 0.0632. The Hall–Kier alpha value is -2.76. The average molecular weight is 491 g/mol. The molecule has 4 rings (SSSR count). The van der Waals surface area contributed by atoms with Crippen molar-refractivity contribution in [2.24, 2.45) is 5.92 Å². The number of hydrogen-bond donors (Lipinski definition) is 1. The molecule has 1 fully saturated rings. The Morgan fingerprint density at radius 1 is 1.21 bits per heavy atom. The number of nitrogens with one attached hydrogen (secondary N) is 1. The van der Waals surface area contributed by atoms with Gasteiger partial charge in [0.25, 0.3) is 5.91 Å². The summed E-state index contributed by atoms with van der Waals surface area (Å²) >= 11 is 5.96. The van der Waals surface area contributed by atoms with Gasteiger partial charge in [0.15, 0.2) is 5.65 Å². The highest BCUT2D eigenvalue weighted by atomic mass is 35.5. The van der Waals surface area contributed by atoms with E-state index in [9.17, 15) is 26.7 Å². The van der Waals surface area contributed by atoms with E-state index in [4.69, 9.17) is 11.6 Å². The molecule has 0 bridgehead atoms. The number of rotatable bonds is 6. The van der Waals surface area contributed by atoms with Gasteiger partial charge in [0.05, 0.1) is 47.3 Å². The summed E-state index contributed by atoms with van der Waals surface area (Å²) in [5.41, 5.74) is 0.920. The first-order chi connectivity index (χ1) is 15.5. The summed E-state index contributed by atoms with van der Waals surface area (Å²) in [5.74, 6) is -3.65. The molecular formula is C20H20ClF5N6O. The average Bonchev–Trinajstić information content (AvgIpc) is 3.37. The van der Waals surface area contributed by atoms with Gasteiger partial charge in [-0.1, -0.05) is 11.6 Å². The monoisotopic (exact) mass is 490 g/mol. The lowest BCUT2D eigenvalue weighted by Gasteiger charge is -2.33. The highest BCUT2D eigenvalue weighted by Crippen LogP contribution is 2.41. The van der Waals surface area contributed by atoms with Crippen LogP contribution >= 0.6 is 11.6 Å². The Morgan fingerprint density at radius 2 is 1.94 bits per heavy atom. The van der Waals surface area contributed by atoms with E-state index >= 15 is 0 Å². The Morgan fingerprint density at radius 3 is 2.64 bits per heavy atom. The third kappa shape index (κ3) is 5.79. The van der Waals surface area contributed by atoms with Gasteiger partial charge >= 0.3 is 6.18 Å². The van der Waals surface area contributed by atoms with E-state index in [2.05, 4.69) is 20.5 Å². The molecule has 3 aromatic rings. The Kier molecular flexibility index (Phi) is 6.30. The summed E-state index contributed by atoms with van der Waals surface area (Å²) in [6.45, 7) is -0.420. The molecule has 7 nitrogen and oxygen atoms in total. The predicted octanol–water partition coefficient (Wildman–Crippen LogP) is 4.83. The number of fused-ring (bicyclic) bond motifs is 1. The normalized spacial score (nSPS) is 17.9. The van der Waals surface area contributed by atoms with Gasteiger partial charge in [-0.3, -0.25) is 9.48 Å². The zero-order chi connectivity index (χ0) is 23.8. The first-order valence-electron chi connectivity index (χ1n) is 10.3. The van der Waals surface area contributed by atoms with Gasteiger partial charge in [-0.2, -0.15) is 23.4 Å². The highest BCUT2D eigenvalue weighted by Gasteiger charge is 2.39. The Bertz CT molecular complexity index is 1130. The molecule has 0 aromatic carbocycles. The SMILES string of the molecule is O=C(N[C@H](c1cn2ncc(Cl)cc2n1)C1CCC(F)(F)CC1)c1cnn(CCC(F)(F)F)c1. The number of aryl methyl sites for hydroxylation is 1. The largest absolute Gasteiger partial charge is 0.390 e. The second kappa shape index (κ2) is 8.88. The molecule has 1 aliphatic carbocycles. The summed E-state index contributed by atoms with van der Waals surface area (Å²) in [6, 6.07) is 0.879. The molecule has 0 saturated heterocycles. The van der Waals surface area contributed by atoms with Crippen molar-refractivity contribution in [3.05, 3.63) is 47.1 Å². The fraction of sp³-hybridized carbons (Fsp3) is 0.500. The topological polar surface area (TPSA) is 77.1 Å². The van der Waals surface area contributed by atoms with E-state index in [-0.39, 0.29) is 37.2 Å². The lowest BCUT2D eigenvalue weighted by molar-refractivity contribution is -0.137. The zero-order valence-corrected chi connectivity index (χ0v) is 18.0. The van der Waals surface area contributed by atoms with Crippen molar-refractivity contribution >= 4 is 23.2 Å². The maximum absolute atomic E-state index is 13.7. The van der Waals surface area contributed by atoms with Gasteiger partial charge in [-0.25, -0.2) is 18.3 Å². The van der Waals surface area contributed by atoms with Crippen LogP contribution in [0.1, 0.15) is 54.2 Å². The van der Waals surface area contributed by atoms with Gasteiger partial charge in [-0.05, 0) is 18.8 Å². The molecule has 3 heterocycles. The predicted molar refractivity (Wildman–Crippen MR) is 108 cm³/mol. The van der Waals surface area contributed by atoms with Gasteiger partial charge in [-0.15, -0.1) is 0 Å². The van der Waals surface area contributed by atoms with Crippen molar-refractivity contribution in [2.75, 3.05) is 0 Å². The number of hydrogen-bond acceptors (Lipinski definition) is 4. The molecule has 0 radical (unpaired) electrons. The van der Waals surface area contributed by atoms with Crippen LogP contribution in [0.15, 0.2) is 30.9 Å². The molecule has 0 unspecified atom stereocenters. The van der Waals surface area contributed by atoms with Gasteiger partial charge in [0, 0.05) is 31.6 Å². The van der Waals surface area contributed by atoms with Gasteiger partial charge in [0.2, 0.25) is 5.92 Å². The number of imidazole rings is 1. The van der Waals surface area contributed by atoms with Crippen LogP contribution < -0.4 is 5.32 Å². The van der Waals surface area contributed by atoms with E-state index < -0.39 is 37.0 Å². The molecule has 178 valence electrons. The van der Waals surface area contributed by atoms with Crippen LogP contribution in [0.4, 0.5) is 22.0 Å². The standard InChI is InChI=1S/C20H20ClF5N6O/c21-14-7-16-29-15(11-32(16)28-9-14)17(12-1-3-19(22,23)4-2-12)30-18(33)13-8-27-31(10-13)6-5-20(24,25)26/h7-12,17H,1-6H2,(H,30,33)/t17-/m0/s1. The molecule has 1 saturated carbocycles. The molecule has 1 atom stereocenters. The van der Waals surface area contributed by atoms with E-state index in [1.807, 2.05) is 0 Å². The second-order valence-corrected chi connectivity index (χ2v) is 8.58. The first kappa shape index (κ1) is 23.4. The number of halogens is 6. The molecule has 1 aliphatic rings. The van der Waals surface area contributed by atoms with Crippen molar-refractivity contribution < 1.29 is 26.7 Å². The molecule has 0 aliphatic heterocycles. The summed E-state index contributed by atoms with van der Waals surface area (Å²) in [4.78, 5) is 17.3. The number of alkyl halides is 5. The molecule has 1 amide bonds. The van der Waals surface area contributed by atoms with Crippen molar-refractivity contribution in [1.29, 1.82) is 0 Å². The molecule has 3 aromatic heterocycles. The van der Waals surface area contributed by atoms with E-state index in [0.29, 0.717) is 16.4 Å². The summed E-state index contributed by atoms with van der Waals surface area (Å²) < 4.78 is 67.3. The Balaban J connectivity index is 1.55. The van der Waals surface area contributed by atoms with Crippen molar-refractivity contribution in [1.82, 2.24) is 29.7 Å². The van der Waals surface area contributed by atoms with Crippen molar-refractivity contribution in [3.63, 3.8) is 0 Å². The van der Waals surface area contributed by atoms with Crippen LogP contribution in [0.2, 0.25) is 5.02 Å². The van der Waals surface area contributed by atoms with Gasteiger partial charge < -0.3 is 5.32 Å². The minimum atomic E-state index is -4.34. The fourth-order valence-electron chi connectivity index (χ4n) is 3.92. The van der Waals surface area contributed by atoms with Crippen LogP contribution in [-0.2, 0) is 6.54 Å². The van der Waals surface area contributed by atoms with Crippen LogP contribution in [0.5, 0.6) is 0 Å². The Labute approximate surface area is 189 Å². The molecular weight excluding hydrogens is 471 g/mol. The molecule has 13 heteroatoms. The minimum Gasteiger partial charge on any atom is -0.343 e. The summed E-state index contributed by atoms with van der Waals surface area (Å²) in [7, 11) is 0. The first-order valence-corrected chi connectivity index (χ1v) is 10.7. The second-order valence-electron chi connectivity index (χ2n) is 8.14. The van der Waals surface area contributed by atoms with Crippen molar-refractivity contribution in [2.45, 2.75) is 56.8 Å². The number of carbonyl (C=O) groups excluding carboxylic acids is 1. The number of aromatic nitrogens is 5. The summed E-state index contributed by atoms with van der Waals surface area (Å²) in [5, 5.41) is 11.1. The van der Waals surface area contributed by atoms with E-state index in [1.54, 1.807) is 12.3 Å². The van der Waals surface area contributed by atoms with Crippen molar-refractivity contribution in [3.8, 4) is 0 Å². The fourth-order valence-corrected chi connectivity index (χ4v) is 4.06. The van der Waals surface area contributed by atoms with Crippen LogP contribution in [0, 0.1) is 5.92 Å². The van der Waals surface area contributed by atoms with Gasteiger partial charge in [0.1, 0.15) is 0 Å². The maximum atomic E-state index is 13.7. The highest BCUT2D eigenvalue weighted by molar-refractivity contribution is 6.30. The molecule has 33 heavy (non-hydrogen) atoms. The third-order valence-corrected chi connectivity index (χ3v) is 5.87. The molecule has 1 N–H and O–H groups in total. The lowest BCUT2D eigenvalue weighted by Crippen LogP contribution is -2.37. The summed E-state index contributed by atoms with van der Waals surface area (Å²) in [6.07, 6.45) is -0.293. The van der Waals surface area contributed by atoms with Crippen LogP contribution in [0.3, 0.4) is 0 Å². The number of carbonyl (C=O) groups is 1. The third-order valence-electron chi connectivity index (χ3n) is 5.66. The lowest BCUT2D eigenvalue weighted by atomic mass is 9.81. The zero-order valence-electron chi connectivity index (χ0n) is 17.2. The maximum Gasteiger partial charge on any atom is 0.390 e. The smallest absolute Gasteiger partial charge is 0.343 e. The molecule has 0 spiro atoms. The van der Waals surface area contributed by atoms with Crippen LogP contribution in [-0.4, -0.2) is 42.4 Å². The number of nitrogens with zero attached hydrogens (tertiary/aromatic N) is 5.